The van der Waals surface area contributed by atoms with Crippen LogP contribution in [-0.4, -0.2) is 13.0 Å². The molecule has 3 N–H and O–H groups in total. The second-order valence-electron chi connectivity index (χ2n) is 4.84. The van der Waals surface area contributed by atoms with E-state index in [9.17, 15) is 4.79 Å². The van der Waals surface area contributed by atoms with Crippen molar-refractivity contribution in [2.24, 2.45) is 5.84 Å². The minimum absolute atomic E-state index is 0.182. The number of aryl methyl sites for hydroxylation is 1. The molecule has 0 aromatic heterocycles. The highest BCUT2D eigenvalue weighted by molar-refractivity contribution is 5.83. The van der Waals surface area contributed by atoms with Gasteiger partial charge in [0.2, 0.25) is 5.91 Å². The van der Waals surface area contributed by atoms with Crippen LogP contribution in [0.2, 0.25) is 0 Å². The molecule has 1 unspecified atom stereocenters. The highest BCUT2D eigenvalue weighted by Crippen LogP contribution is 2.32. The largest absolute Gasteiger partial charge is 0.496 e. The van der Waals surface area contributed by atoms with Crippen molar-refractivity contribution in [2.45, 2.75) is 39.5 Å². The molecule has 0 fully saturated rings. The Morgan fingerprint density at radius 3 is 2.33 bits per heavy atom. The summed E-state index contributed by atoms with van der Waals surface area (Å²) in [5.41, 5.74) is 5.33. The summed E-state index contributed by atoms with van der Waals surface area (Å²) in [6.07, 6.45) is 0. The van der Waals surface area contributed by atoms with E-state index in [4.69, 9.17) is 10.6 Å². The Balaban J connectivity index is 3.29. The lowest BCUT2D eigenvalue weighted by molar-refractivity contribution is -0.122. The molecule has 4 heteroatoms. The smallest absolute Gasteiger partial charge is 0.241 e. The fraction of sp³-hybridized carbons (Fsp3) is 0.500. The van der Waals surface area contributed by atoms with Gasteiger partial charge in [-0.25, -0.2) is 5.84 Å². The molecule has 0 aliphatic carbocycles. The summed E-state index contributed by atoms with van der Waals surface area (Å²) in [6, 6.07) is 4.02. The van der Waals surface area contributed by atoms with E-state index in [1.165, 1.54) is 0 Å². The van der Waals surface area contributed by atoms with E-state index in [2.05, 4.69) is 19.3 Å². The van der Waals surface area contributed by atoms with Crippen molar-refractivity contribution in [1.29, 1.82) is 0 Å². The number of nitrogens with one attached hydrogen (secondary N) is 1. The summed E-state index contributed by atoms with van der Waals surface area (Å²) < 4.78 is 5.38. The first-order valence-electron chi connectivity index (χ1n) is 6.11. The summed E-state index contributed by atoms with van der Waals surface area (Å²) in [4.78, 5) is 11.6. The van der Waals surface area contributed by atoms with Gasteiger partial charge in [-0.3, -0.25) is 10.2 Å². The number of nitrogens with two attached hydrogens (primary N) is 1. The molecule has 0 heterocycles. The van der Waals surface area contributed by atoms with Crippen molar-refractivity contribution in [2.75, 3.05) is 7.11 Å². The van der Waals surface area contributed by atoms with Crippen LogP contribution < -0.4 is 16.0 Å². The highest BCUT2D eigenvalue weighted by atomic mass is 16.5. The van der Waals surface area contributed by atoms with Crippen LogP contribution in [0.1, 0.15) is 49.3 Å². The van der Waals surface area contributed by atoms with Crippen LogP contribution in [0.3, 0.4) is 0 Å². The van der Waals surface area contributed by atoms with Crippen molar-refractivity contribution in [3.8, 4) is 5.75 Å². The van der Waals surface area contributed by atoms with Crippen molar-refractivity contribution in [3.05, 3.63) is 28.8 Å². The van der Waals surface area contributed by atoms with E-state index in [1.54, 1.807) is 7.11 Å². The van der Waals surface area contributed by atoms with Gasteiger partial charge in [0.1, 0.15) is 5.75 Å². The Hall–Kier alpha value is -1.55. The molecule has 1 amide bonds. The van der Waals surface area contributed by atoms with Crippen molar-refractivity contribution < 1.29 is 9.53 Å². The SMILES string of the molecule is COc1cc(C)c(C(C)C(=O)NN)cc1C(C)C. The van der Waals surface area contributed by atoms with Crippen LogP contribution >= 0.6 is 0 Å². The summed E-state index contributed by atoms with van der Waals surface area (Å²) in [6.45, 7) is 8.03. The molecule has 0 bridgehead atoms. The minimum atomic E-state index is -0.265. The Bertz CT molecular complexity index is 442. The lowest BCUT2D eigenvalue weighted by atomic mass is 9.90. The average Bonchev–Trinajstić information content (AvgIpc) is 2.36. The predicted molar refractivity (Wildman–Crippen MR) is 72.6 cm³/mol. The molecule has 0 aliphatic rings. The summed E-state index contributed by atoms with van der Waals surface area (Å²) in [5, 5.41) is 0. The van der Waals surface area contributed by atoms with Gasteiger partial charge in [-0.1, -0.05) is 19.9 Å². The third kappa shape index (κ3) is 2.82. The van der Waals surface area contributed by atoms with Crippen LogP contribution in [0.4, 0.5) is 0 Å². The molecule has 18 heavy (non-hydrogen) atoms. The quantitative estimate of drug-likeness (QED) is 0.489. The molecule has 1 atom stereocenters. The summed E-state index contributed by atoms with van der Waals surface area (Å²) in [7, 11) is 1.66. The first-order valence-corrected chi connectivity index (χ1v) is 6.11. The van der Waals surface area contributed by atoms with Gasteiger partial charge >= 0.3 is 0 Å². The normalized spacial score (nSPS) is 12.4. The maximum absolute atomic E-state index is 11.6. The third-order valence-electron chi connectivity index (χ3n) is 3.24. The molecule has 0 spiro atoms. The third-order valence-corrected chi connectivity index (χ3v) is 3.24. The maximum atomic E-state index is 11.6. The highest BCUT2D eigenvalue weighted by Gasteiger charge is 2.19. The van der Waals surface area contributed by atoms with Crippen LogP contribution in [0.5, 0.6) is 5.75 Å². The Kier molecular flexibility index (Phi) is 4.73. The fourth-order valence-corrected chi connectivity index (χ4v) is 2.08. The summed E-state index contributed by atoms with van der Waals surface area (Å²) >= 11 is 0. The molecule has 0 saturated heterocycles. The average molecular weight is 250 g/mol. The lowest BCUT2D eigenvalue weighted by Crippen LogP contribution is -2.34. The van der Waals surface area contributed by atoms with Gasteiger partial charge in [0.25, 0.3) is 0 Å². The number of benzene rings is 1. The Morgan fingerprint density at radius 2 is 1.89 bits per heavy atom. The second kappa shape index (κ2) is 5.87. The predicted octanol–water partition coefficient (Wildman–Crippen LogP) is 2.22. The maximum Gasteiger partial charge on any atom is 0.241 e. The van der Waals surface area contributed by atoms with Gasteiger partial charge in [-0.2, -0.15) is 0 Å². The molecule has 0 radical (unpaired) electrons. The first-order chi connectivity index (χ1) is 8.42. The molecule has 1 aromatic carbocycles. The number of carbonyl (C=O) groups is 1. The zero-order valence-electron chi connectivity index (χ0n) is 11.7. The van der Waals surface area contributed by atoms with E-state index in [1.807, 2.05) is 26.0 Å². The standard InChI is InChI=1S/C14H22N2O2/c1-8(2)11-7-12(10(4)14(17)16-15)9(3)6-13(11)18-5/h6-8,10H,15H2,1-5H3,(H,16,17). The van der Waals surface area contributed by atoms with Crippen molar-refractivity contribution in [1.82, 2.24) is 5.43 Å². The summed E-state index contributed by atoms with van der Waals surface area (Å²) in [5.74, 6) is 5.95. The zero-order chi connectivity index (χ0) is 13.9. The number of hydrogen-bond donors (Lipinski definition) is 2. The molecule has 0 aliphatic heterocycles. The van der Waals surface area contributed by atoms with Gasteiger partial charge in [0, 0.05) is 0 Å². The van der Waals surface area contributed by atoms with E-state index < -0.39 is 0 Å². The lowest BCUT2D eigenvalue weighted by Gasteiger charge is -2.19. The van der Waals surface area contributed by atoms with Gasteiger partial charge in [-0.05, 0) is 42.5 Å². The number of rotatable bonds is 4. The van der Waals surface area contributed by atoms with Gasteiger partial charge in [0.15, 0.2) is 0 Å². The fourth-order valence-electron chi connectivity index (χ4n) is 2.08. The number of amides is 1. The van der Waals surface area contributed by atoms with E-state index >= 15 is 0 Å². The zero-order valence-corrected chi connectivity index (χ0v) is 11.7. The monoisotopic (exact) mass is 250 g/mol. The van der Waals surface area contributed by atoms with E-state index in [0.29, 0.717) is 5.92 Å². The number of ether oxygens (including phenoxy) is 1. The van der Waals surface area contributed by atoms with Crippen LogP contribution in [0.25, 0.3) is 0 Å². The van der Waals surface area contributed by atoms with Crippen molar-refractivity contribution >= 4 is 5.91 Å². The number of hydrogen-bond acceptors (Lipinski definition) is 3. The molecular weight excluding hydrogens is 228 g/mol. The number of methoxy groups -OCH3 is 1. The van der Waals surface area contributed by atoms with E-state index in [0.717, 1.165) is 22.4 Å². The molecule has 100 valence electrons. The molecule has 4 nitrogen and oxygen atoms in total. The molecule has 1 rings (SSSR count). The Morgan fingerprint density at radius 1 is 1.28 bits per heavy atom. The molecular formula is C14H22N2O2. The minimum Gasteiger partial charge on any atom is -0.496 e. The van der Waals surface area contributed by atoms with Gasteiger partial charge < -0.3 is 4.74 Å². The van der Waals surface area contributed by atoms with Crippen LogP contribution in [-0.2, 0) is 4.79 Å². The van der Waals surface area contributed by atoms with Crippen LogP contribution in [0, 0.1) is 6.92 Å². The van der Waals surface area contributed by atoms with Crippen molar-refractivity contribution in [3.63, 3.8) is 0 Å². The Labute approximate surface area is 108 Å². The number of carbonyl (C=O) groups excluding carboxylic acids is 1. The number of hydrazine groups is 1. The second-order valence-corrected chi connectivity index (χ2v) is 4.84. The van der Waals surface area contributed by atoms with Gasteiger partial charge in [0.05, 0.1) is 13.0 Å². The topological polar surface area (TPSA) is 64.3 Å². The molecule has 0 saturated carbocycles. The first kappa shape index (κ1) is 14.5. The van der Waals surface area contributed by atoms with Gasteiger partial charge in [-0.15, -0.1) is 0 Å². The molecule has 1 aromatic rings. The van der Waals surface area contributed by atoms with Crippen LogP contribution in [0.15, 0.2) is 12.1 Å². The van der Waals surface area contributed by atoms with E-state index in [-0.39, 0.29) is 11.8 Å².